The molecule has 0 spiro atoms. The van der Waals surface area contributed by atoms with E-state index in [1.54, 1.807) is 0 Å². The summed E-state index contributed by atoms with van der Waals surface area (Å²) in [4.78, 5) is 12.8. The zero-order valence-electron chi connectivity index (χ0n) is 13.0. The topological polar surface area (TPSA) is 71.4 Å². The van der Waals surface area contributed by atoms with E-state index < -0.39 is 5.92 Å². The molecule has 2 aliphatic rings. The molecule has 1 aliphatic heterocycles. The van der Waals surface area contributed by atoms with Crippen LogP contribution in [0.25, 0.3) is 11.1 Å². The first-order valence-electron chi connectivity index (χ1n) is 7.82. The Morgan fingerprint density at radius 3 is 2.65 bits per heavy atom. The van der Waals surface area contributed by atoms with Crippen molar-refractivity contribution in [2.45, 2.75) is 25.2 Å². The molecule has 23 heavy (non-hydrogen) atoms. The Balaban J connectivity index is 1.82. The maximum absolute atomic E-state index is 13.8. The van der Waals surface area contributed by atoms with E-state index in [9.17, 15) is 8.78 Å². The van der Waals surface area contributed by atoms with Crippen LogP contribution >= 0.6 is 0 Å². The molecule has 0 radical (unpaired) electrons. The van der Waals surface area contributed by atoms with E-state index >= 15 is 0 Å². The number of hydrogen-bond acceptors (Lipinski definition) is 6. The number of nitrogens with zero attached hydrogens (tertiary/aromatic N) is 4. The largest absolute Gasteiger partial charge is 0.455 e. The van der Waals surface area contributed by atoms with Crippen LogP contribution in [0.4, 0.5) is 20.5 Å². The molecule has 0 unspecified atom stereocenters. The monoisotopic (exact) mass is 323 g/mol. The maximum Gasteiger partial charge on any atom is 0.252 e. The molecule has 3 heterocycles. The highest BCUT2D eigenvalue weighted by molar-refractivity contribution is 5.89. The van der Waals surface area contributed by atoms with Crippen LogP contribution in [0, 0.1) is 0 Å². The normalized spacial score (nSPS) is 21.6. The van der Waals surface area contributed by atoms with Gasteiger partial charge in [0.15, 0.2) is 11.4 Å². The van der Waals surface area contributed by atoms with Gasteiger partial charge in [0.25, 0.3) is 5.92 Å². The number of fused-ring (bicyclic) bond motifs is 3. The third-order valence-corrected chi connectivity index (χ3v) is 4.67. The lowest BCUT2D eigenvalue weighted by Gasteiger charge is -2.33. The number of nitrogen functional groups attached to an aromatic ring is 1. The SMILES string of the molecule is CN1CCN(c2nc(N)nc3c4c(oc23)CCC(F)(F)C4)CC1. The van der Waals surface area contributed by atoms with Gasteiger partial charge in [-0.25, -0.2) is 13.8 Å². The van der Waals surface area contributed by atoms with Crippen molar-refractivity contribution < 1.29 is 13.2 Å². The fourth-order valence-electron chi connectivity index (χ4n) is 3.33. The summed E-state index contributed by atoms with van der Waals surface area (Å²) < 4.78 is 33.4. The van der Waals surface area contributed by atoms with Crippen LogP contribution in [0.3, 0.4) is 0 Å². The van der Waals surface area contributed by atoms with Gasteiger partial charge in [0.05, 0.1) is 0 Å². The predicted octanol–water partition coefficient (Wildman–Crippen LogP) is 1.68. The van der Waals surface area contributed by atoms with Crippen LogP contribution in [0.15, 0.2) is 4.42 Å². The maximum atomic E-state index is 13.8. The molecule has 2 aromatic rings. The van der Waals surface area contributed by atoms with E-state index in [-0.39, 0.29) is 25.2 Å². The fraction of sp³-hybridized carbons (Fsp3) is 0.600. The summed E-state index contributed by atoms with van der Waals surface area (Å²) >= 11 is 0. The van der Waals surface area contributed by atoms with Gasteiger partial charge in [-0.2, -0.15) is 4.98 Å². The number of alkyl halides is 2. The lowest BCUT2D eigenvalue weighted by molar-refractivity contribution is -0.0140. The molecule has 0 aromatic carbocycles. The molecule has 0 bridgehead atoms. The Bertz CT molecular complexity index is 752. The van der Waals surface area contributed by atoms with Crippen LogP contribution < -0.4 is 10.6 Å². The fourth-order valence-corrected chi connectivity index (χ4v) is 3.33. The van der Waals surface area contributed by atoms with Gasteiger partial charge in [-0.15, -0.1) is 0 Å². The summed E-state index contributed by atoms with van der Waals surface area (Å²) in [7, 11) is 2.06. The molecule has 0 atom stereocenters. The molecule has 1 fully saturated rings. The molecule has 0 amide bonds. The Morgan fingerprint density at radius 1 is 1.17 bits per heavy atom. The molecular weight excluding hydrogens is 304 g/mol. The Labute approximate surface area is 132 Å². The molecule has 0 saturated carbocycles. The molecule has 2 aromatic heterocycles. The van der Waals surface area contributed by atoms with Gasteiger partial charge in [0.1, 0.15) is 11.3 Å². The minimum absolute atomic E-state index is 0.101. The van der Waals surface area contributed by atoms with Crippen LogP contribution in [0.2, 0.25) is 0 Å². The van der Waals surface area contributed by atoms with Gasteiger partial charge in [-0.1, -0.05) is 0 Å². The summed E-state index contributed by atoms with van der Waals surface area (Å²) in [6.45, 7) is 3.40. The quantitative estimate of drug-likeness (QED) is 0.861. The second-order valence-corrected chi connectivity index (χ2v) is 6.41. The minimum Gasteiger partial charge on any atom is -0.455 e. The van der Waals surface area contributed by atoms with E-state index in [4.69, 9.17) is 10.2 Å². The van der Waals surface area contributed by atoms with Gasteiger partial charge in [-0.05, 0) is 7.05 Å². The number of anilines is 2. The van der Waals surface area contributed by atoms with E-state index in [1.165, 1.54) is 0 Å². The zero-order chi connectivity index (χ0) is 16.2. The van der Waals surface area contributed by atoms with Crippen molar-refractivity contribution in [2.75, 3.05) is 43.9 Å². The number of aromatic nitrogens is 2. The number of likely N-dealkylation sites (N-methyl/N-ethyl adjacent to an activating group) is 1. The van der Waals surface area contributed by atoms with E-state index in [0.29, 0.717) is 28.2 Å². The van der Waals surface area contributed by atoms with Crippen molar-refractivity contribution in [1.82, 2.24) is 14.9 Å². The highest BCUT2D eigenvalue weighted by Gasteiger charge is 2.38. The van der Waals surface area contributed by atoms with Crippen molar-refractivity contribution in [3.8, 4) is 0 Å². The van der Waals surface area contributed by atoms with Crippen molar-refractivity contribution in [2.24, 2.45) is 0 Å². The van der Waals surface area contributed by atoms with Gasteiger partial charge < -0.3 is 20.0 Å². The number of piperazine rings is 1. The van der Waals surface area contributed by atoms with Crippen molar-refractivity contribution in [3.63, 3.8) is 0 Å². The molecule has 1 saturated heterocycles. The van der Waals surface area contributed by atoms with E-state index in [1.807, 2.05) is 0 Å². The average molecular weight is 323 g/mol. The summed E-state index contributed by atoms with van der Waals surface area (Å²) in [6.07, 6.45) is -0.304. The van der Waals surface area contributed by atoms with Crippen LogP contribution in [0.5, 0.6) is 0 Å². The number of nitrogens with two attached hydrogens (primary N) is 1. The van der Waals surface area contributed by atoms with Crippen molar-refractivity contribution >= 4 is 22.9 Å². The number of halogens is 2. The second-order valence-electron chi connectivity index (χ2n) is 6.41. The number of furan rings is 1. The summed E-state index contributed by atoms with van der Waals surface area (Å²) in [6, 6.07) is 0. The number of rotatable bonds is 1. The Hall–Kier alpha value is -1.96. The number of aryl methyl sites for hydroxylation is 1. The molecule has 6 nitrogen and oxygen atoms in total. The Kier molecular flexibility index (Phi) is 3.19. The lowest BCUT2D eigenvalue weighted by Crippen LogP contribution is -2.45. The van der Waals surface area contributed by atoms with Crippen LogP contribution in [-0.2, 0) is 12.8 Å². The molecular formula is C15H19F2N5O. The first-order chi connectivity index (χ1) is 10.9. The van der Waals surface area contributed by atoms with Crippen molar-refractivity contribution in [1.29, 1.82) is 0 Å². The molecule has 8 heteroatoms. The molecule has 2 N–H and O–H groups in total. The van der Waals surface area contributed by atoms with E-state index in [2.05, 4.69) is 26.8 Å². The second kappa shape index (κ2) is 5.02. The lowest BCUT2D eigenvalue weighted by atomic mass is 9.94. The van der Waals surface area contributed by atoms with Crippen LogP contribution in [-0.4, -0.2) is 54.0 Å². The first-order valence-corrected chi connectivity index (χ1v) is 7.82. The zero-order valence-corrected chi connectivity index (χ0v) is 13.0. The Morgan fingerprint density at radius 2 is 1.91 bits per heavy atom. The third-order valence-electron chi connectivity index (χ3n) is 4.67. The molecule has 124 valence electrons. The summed E-state index contributed by atoms with van der Waals surface area (Å²) in [5.41, 5.74) is 7.25. The minimum atomic E-state index is -2.71. The average Bonchev–Trinajstić information content (AvgIpc) is 2.84. The smallest absolute Gasteiger partial charge is 0.252 e. The third kappa shape index (κ3) is 2.50. The summed E-state index contributed by atoms with van der Waals surface area (Å²) in [5.74, 6) is -1.39. The standard InChI is InChI=1S/C15H19F2N5O/c1-21-4-6-22(7-5-21)13-12-11(19-14(18)20-13)9-8-15(16,17)3-2-10(9)23-12/h2-8H2,1H3,(H2,18,19,20). The van der Waals surface area contributed by atoms with Gasteiger partial charge >= 0.3 is 0 Å². The molecule has 4 rings (SSSR count). The molecule has 1 aliphatic carbocycles. The highest BCUT2D eigenvalue weighted by atomic mass is 19.3. The van der Waals surface area contributed by atoms with Crippen LogP contribution in [0.1, 0.15) is 17.7 Å². The van der Waals surface area contributed by atoms with Gasteiger partial charge in [0, 0.05) is 51.0 Å². The number of hydrogen-bond donors (Lipinski definition) is 1. The predicted molar refractivity (Wildman–Crippen MR) is 82.9 cm³/mol. The first kappa shape index (κ1) is 14.6. The summed E-state index contributed by atoms with van der Waals surface area (Å²) in [5, 5.41) is 0. The van der Waals surface area contributed by atoms with Gasteiger partial charge in [-0.3, -0.25) is 0 Å². The van der Waals surface area contributed by atoms with Gasteiger partial charge in [0.2, 0.25) is 5.95 Å². The van der Waals surface area contributed by atoms with E-state index in [0.717, 1.165) is 26.2 Å². The highest BCUT2D eigenvalue weighted by Crippen LogP contribution is 2.40. The van der Waals surface area contributed by atoms with Crippen molar-refractivity contribution in [3.05, 3.63) is 11.3 Å².